The van der Waals surface area contributed by atoms with Crippen LogP contribution in [0, 0.1) is 34.0 Å². The number of aliphatic hydroxyl groups excluding tert-OH is 1. The zero-order chi connectivity index (χ0) is 36.9. The van der Waals surface area contributed by atoms with E-state index in [1.165, 1.54) is 19.3 Å². The number of aliphatic hydroxyl groups is 3. The fourth-order valence-electron chi connectivity index (χ4n) is 12.2. The molecule has 1 unspecified atom stereocenters. The summed E-state index contributed by atoms with van der Waals surface area (Å²) in [5.41, 5.74) is -9.47. The van der Waals surface area contributed by atoms with Crippen LogP contribution in [0.1, 0.15) is 47.5 Å². The molecule has 16 heteroatoms. The topological polar surface area (TPSA) is 215 Å². The van der Waals surface area contributed by atoms with Crippen molar-refractivity contribution in [1.29, 1.82) is 0 Å². The number of carbonyl (C=O) groups excluding carboxylic acids is 4. The van der Waals surface area contributed by atoms with Crippen LogP contribution in [0.3, 0.4) is 0 Å². The predicted molar refractivity (Wildman–Crippen MR) is 164 cm³/mol. The van der Waals surface area contributed by atoms with Gasteiger partial charge in [-0.2, -0.15) is 0 Å². The van der Waals surface area contributed by atoms with Crippen LogP contribution < -0.4 is 0 Å². The first-order valence-electron chi connectivity index (χ1n) is 17.2. The van der Waals surface area contributed by atoms with Crippen molar-refractivity contribution in [3.63, 3.8) is 0 Å². The van der Waals surface area contributed by atoms with Gasteiger partial charge in [-0.1, -0.05) is 13.0 Å². The molecular weight excluding hydrogens is 676 g/mol. The fourth-order valence-corrected chi connectivity index (χ4v) is 12.2. The Hall–Kier alpha value is -3.12. The van der Waals surface area contributed by atoms with Crippen LogP contribution in [0.4, 0.5) is 0 Å². The highest BCUT2D eigenvalue weighted by atomic mass is 16.7. The SMILES string of the molecule is C/C=C(\C)C(=O)O[C@H]1C[C@@H](OC(C)=O)[C@@]2(C(=O)OC)CO[C@H]3[C@@H](O)[C@@](C)([C@]45O[C@@]4(C)C4C[C@@H]5O[C@@H]5OC=C[C@]45O)[C@H]4[C@]1(CO[C@]4(O)C(=O)OC)[C@@H]32. The van der Waals surface area contributed by atoms with Crippen LogP contribution in [0.5, 0.6) is 0 Å². The van der Waals surface area contributed by atoms with Crippen molar-refractivity contribution >= 4 is 23.9 Å². The second kappa shape index (κ2) is 10.5. The van der Waals surface area contributed by atoms with Crippen LogP contribution in [-0.4, -0.2) is 126 Å². The quantitative estimate of drug-likeness (QED) is 0.140. The average molecular weight is 721 g/mol. The minimum Gasteiger partial charge on any atom is -0.469 e. The van der Waals surface area contributed by atoms with Crippen molar-refractivity contribution in [3.05, 3.63) is 24.0 Å². The molecule has 8 rings (SSSR count). The molecule has 280 valence electrons. The number of carbonyl (C=O) groups is 4. The predicted octanol–water partition coefficient (Wildman–Crippen LogP) is -0.203. The molecule has 5 aliphatic heterocycles. The number of allylic oxidation sites excluding steroid dienone is 1. The third-order valence-electron chi connectivity index (χ3n) is 14.1. The number of ether oxygens (including phenoxy) is 9. The van der Waals surface area contributed by atoms with E-state index in [1.807, 2.05) is 0 Å². The highest BCUT2D eigenvalue weighted by molar-refractivity contribution is 5.88. The summed E-state index contributed by atoms with van der Waals surface area (Å²) in [4.78, 5) is 54.4. The van der Waals surface area contributed by atoms with Gasteiger partial charge in [-0.15, -0.1) is 0 Å². The van der Waals surface area contributed by atoms with Gasteiger partial charge in [0.15, 0.2) is 5.60 Å². The number of hydrogen-bond acceptors (Lipinski definition) is 16. The van der Waals surface area contributed by atoms with Crippen LogP contribution in [-0.2, 0) is 61.8 Å². The second-order valence-electron chi connectivity index (χ2n) is 15.8. The maximum absolute atomic E-state index is 14.2. The summed E-state index contributed by atoms with van der Waals surface area (Å²) in [5, 5.41) is 37.4. The third kappa shape index (κ3) is 3.65. The maximum atomic E-state index is 14.2. The number of rotatable bonds is 6. The molecule has 0 aromatic heterocycles. The minimum absolute atomic E-state index is 0.235. The fraction of sp³-hybridized carbons (Fsp3) is 0.771. The zero-order valence-corrected chi connectivity index (χ0v) is 29.4. The lowest BCUT2D eigenvalue weighted by molar-refractivity contribution is -0.314. The van der Waals surface area contributed by atoms with Gasteiger partial charge in [0.2, 0.25) is 6.29 Å². The zero-order valence-electron chi connectivity index (χ0n) is 29.4. The van der Waals surface area contributed by atoms with Gasteiger partial charge >= 0.3 is 23.9 Å². The number of esters is 4. The molecule has 0 radical (unpaired) electrons. The number of hydrogen-bond donors (Lipinski definition) is 3. The van der Waals surface area contributed by atoms with E-state index in [0.717, 1.165) is 14.2 Å². The van der Waals surface area contributed by atoms with Crippen molar-refractivity contribution < 1.29 is 77.1 Å². The van der Waals surface area contributed by atoms with Gasteiger partial charge in [0, 0.05) is 47.5 Å². The summed E-state index contributed by atoms with van der Waals surface area (Å²) in [6.45, 7) is 6.88. The lowest BCUT2D eigenvalue weighted by atomic mass is 9.37. The molecule has 3 N–H and O–H groups in total. The van der Waals surface area contributed by atoms with Gasteiger partial charge in [-0.3, -0.25) is 9.59 Å². The Morgan fingerprint density at radius 3 is 2.31 bits per heavy atom. The lowest BCUT2D eigenvalue weighted by Gasteiger charge is -2.65. The summed E-state index contributed by atoms with van der Waals surface area (Å²) in [5.74, 6) is -9.76. The monoisotopic (exact) mass is 720 g/mol. The Labute approximate surface area is 293 Å². The van der Waals surface area contributed by atoms with E-state index in [1.54, 1.807) is 33.8 Å². The van der Waals surface area contributed by atoms with E-state index < -0.39 is 130 Å². The lowest BCUT2D eigenvalue weighted by Crippen LogP contribution is -2.79. The van der Waals surface area contributed by atoms with Gasteiger partial charge in [-0.05, 0) is 33.3 Å². The summed E-state index contributed by atoms with van der Waals surface area (Å²) >= 11 is 0. The number of fused-ring (bicyclic) bond motifs is 7. The Balaban J connectivity index is 1.40. The Morgan fingerprint density at radius 1 is 0.961 bits per heavy atom. The first-order valence-corrected chi connectivity index (χ1v) is 17.2. The molecule has 0 aromatic carbocycles. The molecule has 3 saturated carbocycles. The van der Waals surface area contributed by atoms with Crippen molar-refractivity contribution in [2.75, 3.05) is 27.4 Å². The van der Waals surface area contributed by atoms with Gasteiger partial charge in [0.25, 0.3) is 5.79 Å². The first kappa shape index (κ1) is 34.9. The normalized spacial score (nSPS) is 53.9. The summed E-state index contributed by atoms with van der Waals surface area (Å²) in [6, 6.07) is 0. The Morgan fingerprint density at radius 2 is 1.67 bits per heavy atom. The third-order valence-corrected chi connectivity index (χ3v) is 14.1. The molecule has 3 aliphatic carbocycles. The summed E-state index contributed by atoms with van der Waals surface area (Å²) < 4.78 is 54.0. The number of methoxy groups -OCH3 is 2. The van der Waals surface area contributed by atoms with Crippen molar-refractivity contribution in [1.82, 2.24) is 0 Å². The van der Waals surface area contributed by atoms with Gasteiger partial charge in [0.05, 0.1) is 52.0 Å². The molecule has 1 spiro atoms. The van der Waals surface area contributed by atoms with E-state index in [9.17, 15) is 34.5 Å². The molecule has 0 amide bonds. The Bertz CT molecular complexity index is 1660. The molecule has 7 fully saturated rings. The van der Waals surface area contributed by atoms with Crippen molar-refractivity contribution in [2.24, 2.45) is 34.0 Å². The molecule has 51 heavy (non-hydrogen) atoms. The maximum Gasteiger partial charge on any atom is 0.366 e. The van der Waals surface area contributed by atoms with Crippen molar-refractivity contribution in [2.45, 2.75) is 107 Å². The molecule has 4 saturated heterocycles. The van der Waals surface area contributed by atoms with E-state index in [4.69, 9.17) is 42.6 Å². The molecule has 8 aliphatic rings. The summed E-state index contributed by atoms with van der Waals surface area (Å²) in [7, 11) is 2.23. The average Bonchev–Trinajstić information content (AvgIpc) is 3.47. The highest BCUT2D eigenvalue weighted by Crippen LogP contribution is 2.83. The summed E-state index contributed by atoms with van der Waals surface area (Å²) in [6.07, 6.45) is -3.11. The van der Waals surface area contributed by atoms with E-state index >= 15 is 0 Å². The molecule has 2 bridgehead atoms. The van der Waals surface area contributed by atoms with E-state index in [-0.39, 0.29) is 18.4 Å². The van der Waals surface area contributed by atoms with Crippen LogP contribution in [0.15, 0.2) is 24.0 Å². The second-order valence-corrected chi connectivity index (χ2v) is 15.8. The molecule has 16 atom stereocenters. The van der Waals surface area contributed by atoms with Gasteiger partial charge in [0.1, 0.15) is 28.8 Å². The Kier molecular flexibility index (Phi) is 7.20. The smallest absolute Gasteiger partial charge is 0.366 e. The minimum atomic E-state index is -2.82. The van der Waals surface area contributed by atoms with E-state index in [2.05, 4.69) is 0 Å². The number of epoxide rings is 1. The van der Waals surface area contributed by atoms with Crippen LogP contribution >= 0.6 is 0 Å². The van der Waals surface area contributed by atoms with Gasteiger partial charge < -0.3 is 58.0 Å². The van der Waals surface area contributed by atoms with Crippen LogP contribution in [0.25, 0.3) is 0 Å². The molecular formula is C35H44O16. The molecule has 16 nitrogen and oxygen atoms in total. The molecule has 5 heterocycles. The highest BCUT2D eigenvalue weighted by Gasteiger charge is 2.97. The van der Waals surface area contributed by atoms with Gasteiger partial charge in [-0.25, -0.2) is 9.59 Å². The molecule has 0 aromatic rings. The van der Waals surface area contributed by atoms with Crippen LogP contribution in [0.2, 0.25) is 0 Å². The largest absolute Gasteiger partial charge is 0.469 e. The standard InChI is InChI=1S/C35H44O16/c1-8-15(2)24(38)49-18-12-19(48-16(3)36)32(26(39)43-6)13-46-21-22(32)31(18)14-47-34(42,27(40)44-7)25(31)29(4,23(21)37)35-20-11-17(30(35,5)51-35)33(41)9-10-45-28(33)50-20/h8-10,17-23,25,28,37,41-42H,11-14H2,1-7H3/b15-8+/t17?,18-,19+,20-,21+,22+,23+,25-,28-,29+,30-,31-,32-,33-,34-,35-/m0/s1. The van der Waals surface area contributed by atoms with E-state index in [0.29, 0.717) is 0 Å². The van der Waals surface area contributed by atoms with Crippen molar-refractivity contribution in [3.8, 4) is 0 Å². The first-order chi connectivity index (χ1) is 23.9.